The summed E-state index contributed by atoms with van der Waals surface area (Å²) in [6, 6.07) is 8.19. The van der Waals surface area contributed by atoms with Gasteiger partial charge in [0.1, 0.15) is 18.1 Å². The van der Waals surface area contributed by atoms with Crippen molar-refractivity contribution in [1.82, 2.24) is 20.9 Å². The van der Waals surface area contributed by atoms with Crippen molar-refractivity contribution in [3.63, 3.8) is 0 Å². The fraction of sp³-hybridized carbons (Fsp3) is 0.560. The number of amides is 4. The lowest BCUT2D eigenvalue weighted by molar-refractivity contribution is -0.303. The lowest BCUT2D eigenvalue weighted by Gasteiger charge is -2.39. The minimum Gasteiger partial charge on any atom is -0.409 e. The van der Waals surface area contributed by atoms with Crippen molar-refractivity contribution in [2.45, 2.75) is 64.6 Å². The topological polar surface area (TPSA) is 185 Å². The molecule has 1 saturated heterocycles. The van der Waals surface area contributed by atoms with Crippen molar-refractivity contribution in [3.8, 4) is 0 Å². The number of piperidine rings is 1. The van der Waals surface area contributed by atoms with Crippen LogP contribution < -0.4 is 21.7 Å². The molecule has 0 saturated carbocycles. The van der Waals surface area contributed by atoms with Crippen LogP contribution in [0.5, 0.6) is 0 Å². The number of carbonyl (C=O) groups is 4. The maximum atomic E-state index is 13.2. The smallest absolute Gasteiger partial charge is 0.339 e. The van der Waals surface area contributed by atoms with Crippen molar-refractivity contribution < 1.29 is 34.2 Å². The van der Waals surface area contributed by atoms with Gasteiger partial charge in [-0.3, -0.25) is 14.5 Å². The summed E-state index contributed by atoms with van der Waals surface area (Å²) in [5.74, 6) is -1.92. The first-order chi connectivity index (χ1) is 18.2. The molecular formula is C25H38N6O7. The number of hydrogen-bond donors (Lipinski definition) is 5. The number of benzene rings is 1. The van der Waals surface area contributed by atoms with Gasteiger partial charge in [0.2, 0.25) is 5.91 Å². The molecule has 0 radical (unpaired) electrons. The first-order valence-corrected chi connectivity index (χ1v) is 12.7. The molecule has 1 aromatic carbocycles. The van der Waals surface area contributed by atoms with Crippen molar-refractivity contribution in [2.75, 3.05) is 19.6 Å². The van der Waals surface area contributed by atoms with Crippen molar-refractivity contribution in [3.05, 3.63) is 35.9 Å². The Morgan fingerprint density at radius 1 is 1.21 bits per heavy atom. The van der Waals surface area contributed by atoms with E-state index in [4.69, 9.17) is 15.8 Å². The van der Waals surface area contributed by atoms with E-state index in [0.29, 0.717) is 18.5 Å². The Balaban J connectivity index is 2.03. The normalized spacial score (nSPS) is 18.3. The summed E-state index contributed by atoms with van der Waals surface area (Å²) in [6.45, 7) is 4.08. The van der Waals surface area contributed by atoms with Crippen LogP contribution in [0.4, 0.5) is 4.79 Å². The average molecular weight is 535 g/mol. The molecule has 6 N–H and O–H groups in total. The minimum absolute atomic E-state index is 0.0210. The number of amidine groups is 1. The summed E-state index contributed by atoms with van der Waals surface area (Å²) in [7, 11) is 0. The Morgan fingerprint density at radius 2 is 1.95 bits per heavy atom. The largest absolute Gasteiger partial charge is 0.409 e. The molecule has 4 amide bonds. The molecule has 3 unspecified atom stereocenters. The number of oxime groups is 1. The number of urea groups is 1. The molecule has 0 spiro atoms. The van der Waals surface area contributed by atoms with Gasteiger partial charge in [0.05, 0.1) is 0 Å². The Hall–Kier alpha value is -3.87. The Kier molecular flexibility index (Phi) is 12.8. The van der Waals surface area contributed by atoms with E-state index >= 15 is 0 Å². The zero-order valence-corrected chi connectivity index (χ0v) is 21.9. The van der Waals surface area contributed by atoms with E-state index in [1.165, 1.54) is 11.8 Å². The molecule has 38 heavy (non-hydrogen) atoms. The number of hydrogen-bond acceptors (Lipinski definition) is 8. The van der Waals surface area contributed by atoms with Crippen LogP contribution in [0, 0.1) is 5.92 Å². The second-order valence-corrected chi connectivity index (χ2v) is 9.01. The molecule has 3 atom stereocenters. The van der Waals surface area contributed by atoms with Crippen LogP contribution in [0.15, 0.2) is 35.5 Å². The molecule has 210 valence electrons. The van der Waals surface area contributed by atoms with Crippen LogP contribution >= 0.6 is 0 Å². The highest BCUT2D eigenvalue weighted by Crippen LogP contribution is 2.22. The fourth-order valence-corrected chi connectivity index (χ4v) is 3.95. The fourth-order valence-electron chi connectivity index (χ4n) is 3.95. The third-order valence-electron chi connectivity index (χ3n) is 6.08. The quantitative estimate of drug-likeness (QED) is 0.0629. The van der Waals surface area contributed by atoms with Crippen LogP contribution in [0.1, 0.15) is 62.7 Å². The maximum absolute atomic E-state index is 13.2. The van der Waals surface area contributed by atoms with Gasteiger partial charge in [-0.05, 0) is 31.4 Å². The van der Waals surface area contributed by atoms with Crippen molar-refractivity contribution in [2.24, 2.45) is 16.8 Å². The number of carbonyl (C=O) groups excluding carboxylic acids is 4. The molecule has 0 bridgehead atoms. The number of likely N-dealkylation sites (tertiary alicyclic amines) is 1. The standard InChI is InChI=1S/C25H38N6O7/c1-3-4-13-27-25(35)28-16-19(23(26)30-36)10-11-22(33)31-14-12-20(38-37-17(2)32)15-21(31)29-24(34)18-8-6-5-7-9-18/h5-9,19-21,36H,3-4,10-16H2,1-2H3,(H2,26,30)(H,29,34)(H2,27,28,35). The molecule has 2 rings (SSSR count). The highest BCUT2D eigenvalue weighted by Gasteiger charge is 2.34. The number of nitrogens with one attached hydrogen (secondary N) is 3. The van der Waals surface area contributed by atoms with Crippen LogP contribution in [-0.2, 0) is 19.4 Å². The molecule has 13 nitrogen and oxygen atoms in total. The highest BCUT2D eigenvalue weighted by molar-refractivity contribution is 5.94. The number of nitrogens with two attached hydrogens (primary N) is 1. The summed E-state index contributed by atoms with van der Waals surface area (Å²) in [5, 5.41) is 20.5. The molecule has 0 aromatic heterocycles. The van der Waals surface area contributed by atoms with Gasteiger partial charge in [0, 0.05) is 50.9 Å². The van der Waals surface area contributed by atoms with Gasteiger partial charge < -0.3 is 31.8 Å². The first kappa shape index (κ1) is 30.4. The van der Waals surface area contributed by atoms with Gasteiger partial charge in [0.15, 0.2) is 0 Å². The number of nitrogens with zero attached hydrogens (tertiary/aromatic N) is 2. The van der Waals surface area contributed by atoms with Gasteiger partial charge in [-0.25, -0.2) is 9.59 Å². The zero-order valence-electron chi connectivity index (χ0n) is 21.9. The van der Waals surface area contributed by atoms with Crippen LogP contribution in [0.2, 0.25) is 0 Å². The second kappa shape index (κ2) is 16.1. The first-order valence-electron chi connectivity index (χ1n) is 12.7. The van der Waals surface area contributed by atoms with E-state index in [9.17, 15) is 19.2 Å². The SMILES string of the molecule is CCCCNC(=O)NCC(CCC(=O)N1CCC(OOC(C)=O)CC1NC(=O)c1ccccc1)C(N)=NO. The van der Waals surface area contributed by atoms with Crippen LogP contribution in [0.25, 0.3) is 0 Å². The molecule has 1 aliphatic rings. The van der Waals surface area contributed by atoms with E-state index in [2.05, 4.69) is 26.0 Å². The van der Waals surface area contributed by atoms with E-state index in [-0.39, 0.29) is 56.0 Å². The van der Waals surface area contributed by atoms with E-state index < -0.39 is 24.2 Å². The number of unbranched alkanes of at least 4 members (excludes halogenated alkanes) is 1. The van der Waals surface area contributed by atoms with E-state index in [1.54, 1.807) is 30.3 Å². The molecule has 1 fully saturated rings. The molecule has 13 heteroatoms. The van der Waals surface area contributed by atoms with Gasteiger partial charge in [-0.15, -0.1) is 0 Å². The Morgan fingerprint density at radius 3 is 2.61 bits per heavy atom. The second-order valence-electron chi connectivity index (χ2n) is 9.01. The highest BCUT2D eigenvalue weighted by atomic mass is 17.2. The molecular weight excluding hydrogens is 496 g/mol. The Labute approximate surface area is 222 Å². The summed E-state index contributed by atoms with van der Waals surface area (Å²) < 4.78 is 0. The van der Waals surface area contributed by atoms with Crippen LogP contribution in [0.3, 0.4) is 0 Å². The van der Waals surface area contributed by atoms with Gasteiger partial charge in [0.25, 0.3) is 5.91 Å². The predicted octanol–water partition coefficient (Wildman–Crippen LogP) is 1.47. The van der Waals surface area contributed by atoms with Crippen molar-refractivity contribution in [1.29, 1.82) is 0 Å². The Bertz CT molecular complexity index is 959. The van der Waals surface area contributed by atoms with Crippen molar-refractivity contribution >= 4 is 29.7 Å². The minimum atomic E-state index is -0.714. The lowest BCUT2D eigenvalue weighted by Crippen LogP contribution is -2.56. The van der Waals surface area contributed by atoms with Crippen LogP contribution in [-0.4, -0.2) is 71.7 Å². The summed E-state index contributed by atoms with van der Waals surface area (Å²) in [4.78, 5) is 60.5. The zero-order chi connectivity index (χ0) is 27.9. The monoisotopic (exact) mass is 534 g/mol. The van der Waals surface area contributed by atoms with Gasteiger partial charge in [-0.1, -0.05) is 36.7 Å². The summed E-state index contributed by atoms with van der Waals surface area (Å²) >= 11 is 0. The molecule has 0 aliphatic carbocycles. The predicted molar refractivity (Wildman–Crippen MR) is 138 cm³/mol. The van der Waals surface area contributed by atoms with E-state index in [1.807, 2.05) is 6.92 Å². The molecule has 1 aliphatic heterocycles. The third-order valence-corrected chi connectivity index (χ3v) is 6.08. The summed E-state index contributed by atoms with van der Waals surface area (Å²) in [5.41, 5.74) is 6.24. The molecule has 1 aromatic rings. The van der Waals surface area contributed by atoms with E-state index in [0.717, 1.165) is 12.8 Å². The third kappa shape index (κ3) is 10.2. The maximum Gasteiger partial charge on any atom is 0.339 e. The van der Waals surface area contributed by atoms with Gasteiger partial charge >= 0.3 is 12.0 Å². The van der Waals surface area contributed by atoms with Gasteiger partial charge in [-0.2, -0.15) is 4.89 Å². The summed E-state index contributed by atoms with van der Waals surface area (Å²) in [6.07, 6.45) is 1.38. The average Bonchev–Trinajstić information content (AvgIpc) is 2.92. The lowest BCUT2D eigenvalue weighted by atomic mass is 9.99. The molecule has 1 heterocycles. The number of rotatable bonds is 13.